The van der Waals surface area contributed by atoms with E-state index in [4.69, 9.17) is 5.73 Å². The Balaban J connectivity index is 2.43. The van der Waals surface area contributed by atoms with Gasteiger partial charge in [-0.15, -0.1) is 0 Å². The Hall–Kier alpha value is -1.32. The van der Waals surface area contributed by atoms with Crippen LogP contribution in [0.5, 0.6) is 0 Å². The van der Waals surface area contributed by atoms with Gasteiger partial charge in [-0.25, -0.2) is 0 Å². The summed E-state index contributed by atoms with van der Waals surface area (Å²) in [6.07, 6.45) is 1.85. The first-order valence-electron chi connectivity index (χ1n) is 8.05. The van der Waals surface area contributed by atoms with E-state index in [1.54, 1.807) is 11.8 Å². The molecule has 2 atom stereocenters. The quantitative estimate of drug-likeness (QED) is 0.612. The topological polar surface area (TPSA) is 114 Å². The maximum Gasteiger partial charge on any atom is 0.311 e. The minimum absolute atomic E-state index is 0.0645. The van der Waals surface area contributed by atoms with Gasteiger partial charge < -0.3 is 10.8 Å². The molecule has 2 heterocycles. The van der Waals surface area contributed by atoms with Crippen LogP contribution in [0.4, 0.5) is 5.95 Å². The fraction of sp³-hybridized carbons (Fsp3) is 0.667. The highest BCUT2D eigenvalue weighted by atomic mass is 32.2. The number of thiazole rings is 1. The second-order valence-electron chi connectivity index (χ2n) is 6.15. The molecule has 0 aliphatic heterocycles. The summed E-state index contributed by atoms with van der Waals surface area (Å²) in [5, 5.41) is 10.7. The minimum Gasteiger partial charge on any atom is -0.372 e. The first-order chi connectivity index (χ1) is 11.3. The molecule has 0 saturated carbocycles. The van der Waals surface area contributed by atoms with E-state index in [0.717, 1.165) is 36.4 Å². The molecule has 7 nitrogen and oxygen atoms in total. The number of H-pyrrole nitrogens is 1. The van der Waals surface area contributed by atoms with Crippen LogP contribution in [-0.2, 0) is 0 Å². The Kier molecular flexibility index (Phi) is 6.47. The number of fused-ring (bicyclic) bond motifs is 1. The Labute approximate surface area is 148 Å². The third-order valence-corrected chi connectivity index (χ3v) is 5.95. The molecule has 0 bridgehead atoms. The van der Waals surface area contributed by atoms with Crippen LogP contribution in [0.1, 0.15) is 46.3 Å². The highest BCUT2D eigenvalue weighted by molar-refractivity contribution is 7.99. The number of aliphatic hydroxyl groups excluding tert-OH is 1. The van der Waals surface area contributed by atoms with E-state index in [9.17, 15) is 14.7 Å². The van der Waals surface area contributed by atoms with Gasteiger partial charge in [0.1, 0.15) is 10.9 Å². The van der Waals surface area contributed by atoms with E-state index in [1.807, 2.05) is 0 Å². The third kappa shape index (κ3) is 4.20. The van der Waals surface area contributed by atoms with Crippen molar-refractivity contribution in [2.45, 2.75) is 51.5 Å². The Morgan fingerprint density at radius 1 is 1.42 bits per heavy atom. The number of hydrogen-bond donors (Lipinski definition) is 3. The number of nitrogens with two attached hydrogens (primary N) is 1. The van der Waals surface area contributed by atoms with Gasteiger partial charge in [-0.3, -0.25) is 19.1 Å². The number of rotatable bonds is 8. The smallest absolute Gasteiger partial charge is 0.311 e. The van der Waals surface area contributed by atoms with Gasteiger partial charge in [-0.05, 0) is 24.5 Å². The van der Waals surface area contributed by atoms with Crippen molar-refractivity contribution in [1.29, 1.82) is 0 Å². The van der Waals surface area contributed by atoms with Crippen molar-refractivity contribution in [1.82, 2.24) is 14.5 Å². The SMILES string of the molecule is CCCCS[C@@H](CC(C)C)C(O)n1c(=O)sc2c(=O)[nH]c(N)nc21. The fourth-order valence-corrected chi connectivity index (χ4v) is 4.88. The van der Waals surface area contributed by atoms with Crippen molar-refractivity contribution in [3.8, 4) is 0 Å². The number of nitrogens with zero attached hydrogens (tertiary/aromatic N) is 2. The van der Waals surface area contributed by atoms with Crippen LogP contribution < -0.4 is 16.2 Å². The van der Waals surface area contributed by atoms with E-state index in [-0.39, 0.29) is 21.5 Å². The van der Waals surface area contributed by atoms with Gasteiger partial charge in [-0.2, -0.15) is 16.7 Å². The number of nitrogens with one attached hydrogen (secondary N) is 1. The van der Waals surface area contributed by atoms with E-state index >= 15 is 0 Å². The summed E-state index contributed by atoms with van der Waals surface area (Å²) in [4.78, 5) is 30.3. The van der Waals surface area contributed by atoms with Crippen LogP contribution >= 0.6 is 23.1 Å². The predicted octanol–water partition coefficient (Wildman–Crippen LogP) is 2.17. The number of anilines is 1. The molecule has 0 saturated heterocycles. The van der Waals surface area contributed by atoms with Gasteiger partial charge in [0, 0.05) is 0 Å². The predicted molar refractivity (Wildman–Crippen MR) is 101 cm³/mol. The Morgan fingerprint density at radius 2 is 2.12 bits per heavy atom. The molecule has 0 fully saturated rings. The summed E-state index contributed by atoms with van der Waals surface area (Å²) in [7, 11) is 0. The maximum absolute atomic E-state index is 12.3. The van der Waals surface area contributed by atoms with Gasteiger partial charge >= 0.3 is 4.87 Å². The number of unbranched alkanes of at least 4 members (excludes halogenated alkanes) is 1. The number of thioether (sulfide) groups is 1. The molecule has 1 unspecified atom stereocenters. The molecule has 2 rings (SSSR count). The van der Waals surface area contributed by atoms with Crippen LogP contribution in [0.2, 0.25) is 0 Å². The number of nitrogen functional groups attached to an aromatic ring is 1. The van der Waals surface area contributed by atoms with E-state index in [1.165, 1.54) is 4.57 Å². The van der Waals surface area contributed by atoms with Crippen molar-refractivity contribution in [3.63, 3.8) is 0 Å². The summed E-state index contributed by atoms with van der Waals surface area (Å²) in [5.74, 6) is 1.23. The lowest BCUT2D eigenvalue weighted by molar-refractivity contribution is 0.0966. The molecule has 134 valence electrons. The van der Waals surface area contributed by atoms with Crippen molar-refractivity contribution >= 4 is 39.4 Å². The van der Waals surface area contributed by atoms with Crippen molar-refractivity contribution in [3.05, 3.63) is 20.0 Å². The van der Waals surface area contributed by atoms with Crippen LogP contribution in [-0.4, -0.2) is 30.6 Å². The largest absolute Gasteiger partial charge is 0.372 e. The molecular formula is C15H24N4O3S2. The van der Waals surface area contributed by atoms with Gasteiger partial charge in [-0.1, -0.05) is 38.5 Å². The van der Waals surface area contributed by atoms with Crippen LogP contribution in [0.25, 0.3) is 10.3 Å². The van der Waals surface area contributed by atoms with Gasteiger partial charge in [0.15, 0.2) is 5.65 Å². The second-order valence-corrected chi connectivity index (χ2v) is 8.46. The number of hydrogen-bond acceptors (Lipinski definition) is 7. The molecule has 0 aromatic carbocycles. The van der Waals surface area contributed by atoms with E-state index in [2.05, 4.69) is 30.7 Å². The van der Waals surface area contributed by atoms with E-state index < -0.39 is 16.7 Å². The summed E-state index contributed by atoms with van der Waals surface area (Å²) >= 11 is 2.44. The molecule has 0 radical (unpaired) electrons. The molecule has 9 heteroatoms. The van der Waals surface area contributed by atoms with Gasteiger partial charge in [0.2, 0.25) is 5.95 Å². The zero-order valence-electron chi connectivity index (χ0n) is 14.1. The third-order valence-electron chi connectivity index (χ3n) is 3.62. The second kappa shape index (κ2) is 8.17. The number of aliphatic hydroxyl groups is 1. The standard InChI is InChI=1S/C15H24N4O3S2/c1-4-5-6-23-9(7-8(2)3)13(21)19-11-10(24-15(19)22)12(20)18-14(16)17-11/h8-9,13,21H,4-7H2,1-3H3,(H3,16,17,18,20)/t9-,13?/m0/s1. The average Bonchev–Trinajstić information content (AvgIpc) is 2.82. The lowest BCUT2D eigenvalue weighted by Crippen LogP contribution is -2.29. The van der Waals surface area contributed by atoms with Crippen LogP contribution in [0.3, 0.4) is 0 Å². The molecule has 2 aromatic heterocycles. The lowest BCUT2D eigenvalue weighted by Gasteiger charge is -2.25. The Bertz CT molecular complexity index is 796. The molecule has 0 aliphatic carbocycles. The molecular weight excluding hydrogens is 348 g/mol. The number of aromatic amines is 1. The van der Waals surface area contributed by atoms with Crippen molar-refractivity contribution in [2.24, 2.45) is 5.92 Å². The fourth-order valence-electron chi connectivity index (χ4n) is 2.46. The van der Waals surface area contributed by atoms with Crippen molar-refractivity contribution in [2.75, 3.05) is 11.5 Å². The normalized spacial score (nSPS) is 14.4. The summed E-state index contributed by atoms with van der Waals surface area (Å²) in [6.45, 7) is 6.27. The zero-order valence-corrected chi connectivity index (χ0v) is 15.7. The van der Waals surface area contributed by atoms with E-state index in [0.29, 0.717) is 5.92 Å². The van der Waals surface area contributed by atoms with Crippen LogP contribution in [0, 0.1) is 5.92 Å². The zero-order chi connectivity index (χ0) is 17.9. The highest BCUT2D eigenvalue weighted by Gasteiger charge is 2.27. The van der Waals surface area contributed by atoms with Crippen molar-refractivity contribution < 1.29 is 5.11 Å². The van der Waals surface area contributed by atoms with Gasteiger partial charge in [0.25, 0.3) is 5.56 Å². The molecule has 0 spiro atoms. The highest BCUT2D eigenvalue weighted by Crippen LogP contribution is 2.30. The summed E-state index contributed by atoms with van der Waals surface area (Å²) in [5.41, 5.74) is 5.30. The van der Waals surface area contributed by atoms with Gasteiger partial charge in [0.05, 0.1) is 5.25 Å². The minimum atomic E-state index is -1.04. The molecule has 4 N–H and O–H groups in total. The maximum atomic E-state index is 12.3. The first kappa shape index (κ1) is 19.0. The molecule has 0 amide bonds. The molecule has 24 heavy (non-hydrogen) atoms. The first-order valence-corrected chi connectivity index (χ1v) is 9.92. The molecule has 2 aromatic rings. The lowest BCUT2D eigenvalue weighted by atomic mass is 10.1. The summed E-state index contributed by atoms with van der Waals surface area (Å²) < 4.78 is 1.40. The average molecular weight is 373 g/mol. The summed E-state index contributed by atoms with van der Waals surface area (Å²) in [6, 6.07) is 0. The Morgan fingerprint density at radius 3 is 2.75 bits per heavy atom. The number of aromatic nitrogens is 3. The van der Waals surface area contributed by atoms with Crippen LogP contribution in [0.15, 0.2) is 9.59 Å². The monoisotopic (exact) mass is 372 g/mol. The molecule has 0 aliphatic rings.